The standard InChI is InChI=1S/C24H32N4O2/c1-17-9-5-7-15-26(17)28(27-16-8-6-10-18(27)2)24(30)22-20-12-4-3-11-19(20)13-14-21(22)23(25)29/h3-4,11-14,17-18H,5-10,15-16H2,1-2H3,(H2,25,29). The molecular formula is C24H32N4O2. The van der Waals surface area contributed by atoms with Crippen molar-refractivity contribution < 1.29 is 9.59 Å². The van der Waals surface area contributed by atoms with Gasteiger partial charge in [0.2, 0.25) is 5.91 Å². The van der Waals surface area contributed by atoms with Crippen molar-refractivity contribution in [1.29, 1.82) is 0 Å². The summed E-state index contributed by atoms with van der Waals surface area (Å²) in [5.74, 6) is -0.717. The Morgan fingerprint density at radius 2 is 1.50 bits per heavy atom. The van der Waals surface area contributed by atoms with Crippen LogP contribution in [0.5, 0.6) is 0 Å². The molecule has 2 saturated heterocycles. The molecule has 2 aliphatic rings. The highest BCUT2D eigenvalue weighted by atomic mass is 16.2. The zero-order valence-corrected chi connectivity index (χ0v) is 18.0. The van der Waals surface area contributed by atoms with Crippen LogP contribution in [0.4, 0.5) is 0 Å². The summed E-state index contributed by atoms with van der Waals surface area (Å²) >= 11 is 0. The summed E-state index contributed by atoms with van der Waals surface area (Å²) in [5.41, 5.74) is 6.42. The third-order valence-electron chi connectivity index (χ3n) is 6.61. The fourth-order valence-corrected chi connectivity index (χ4v) is 4.92. The molecule has 2 heterocycles. The van der Waals surface area contributed by atoms with Crippen molar-refractivity contribution in [3.05, 3.63) is 47.5 Å². The van der Waals surface area contributed by atoms with Crippen LogP contribution in [-0.4, -0.2) is 52.1 Å². The number of hydrogen-bond donors (Lipinski definition) is 1. The number of hydrogen-bond acceptors (Lipinski definition) is 4. The van der Waals surface area contributed by atoms with Gasteiger partial charge in [0.05, 0.1) is 11.1 Å². The van der Waals surface area contributed by atoms with Gasteiger partial charge < -0.3 is 5.73 Å². The second-order valence-corrected chi connectivity index (χ2v) is 8.68. The van der Waals surface area contributed by atoms with Crippen molar-refractivity contribution in [1.82, 2.24) is 15.1 Å². The number of carbonyl (C=O) groups is 2. The van der Waals surface area contributed by atoms with Crippen LogP contribution in [0.15, 0.2) is 36.4 Å². The topological polar surface area (TPSA) is 69.9 Å². The summed E-state index contributed by atoms with van der Waals surface area (Å²) in [6.07, 6.45) is 6.60. The van der Waals surface area contributed by atoms with E-state index < -0.39 is 5.91 Å². The molecule has 0 spiro atoms. The highest BCUT2D eigenvalue weighted by Crippen LogP contribution is 2.30. The molecule has 2 fully saturated rings. The summed E-state index contributed by atoms with van der Waals surface area (Å²) in [6.45, 7) is 6.05. The Hall–Kier alpha value is -2.44. The third kappa shape index (κ3) is 3.82. The van der Waals surface area contributed by atoms with E-state index in [9.17, 15) is 9.59 Å². The Morgan fingerprint density at radius 3 is 2.07 bits per heavy atom. The second-order valence-electron chi connectivity index (χ2n) is 8.68. The molecule has 2 N–H and O–H groups in total. The Labute approximate surface area is 178 Å². The molecule has 6 nitrogen and oxygen atoms in total. The summed E-state index contributed by atoms with van der Waals surface area (Å²) in [6, 6.07) is 11.8. The first-order valence-electron chi connectivity index (χ1n) is 11.2. The van der Waals surface area contributed by atoms with Gasteiger partial charge >= 0.3 is 0 Å². The molecule has 0 aliphatic carbocycles. The second kappa shape index (κ2) is 8.74. The van der Waals surface area contributed by atoms with Crippen LogP contribution < -0.4 is 5.73 Å². The minimum Gasteiger partial charge on any atom is -0.366 e. The van der Waals surface area contributed by atoms with Crippen LogP contribution in [0.25, 0.3) is 10.8 Å². The van der Waals surface area contributed by atoms with Crippen LogP contribution in [0.3, 0.4) is 0 Å². The lowest BCUT2D eigenvalue weighted by molar-refractivity contribution is -0.193. The summed E-state index contributed by atoms with van der Waals surface area (Å²) < 4.78 is 0. The molecule has 0 bridgehead atoms. The Balaban J connectivity index is 1.86. The van der Waals surface area contributed by atoms with Crippen molar-refractivity contribution in [3.63, 3.8) is 0 Å². The third-order valence-corrected chi connectivity index (χ3v) is 6.61. The summed E-state index contributed by atoms with van der Waals surface area (Å²) in [5, 5.41) is 7.99. The molecule has 160 valence electrons. The van der Waals surface area contributed by atoms with Crippen LogP contribution >= 0.6 is 0 Å². The van der Waals surface area contributed by atoms with Crippen LogP contribution in [0.2, 0.25) is 0 Å². The van der Waals surface area contributed by atoms with Crippen molar-refractivity contribution in [2.45, 2.75) is 64.5 Å². The lowest BCUT2D eigenvalue weighted by Crippen LogP contribution is -2.63. The molecule has 0 radical (unpaired) electrons. The normalized spacial score (nSPS) is 23.4. The SMILES string of the molecule is CC1CCCCN1N(C(=O)c1c(C(N)=O)ccc2ccccc12)N1CCCCC1C. The highest BCUT2D eigenvalue weighted by molar-refractivity contribution is 6.15. The molecule has 2 atom stereocenters. The Morgan fingerprint density at radius 1 is 0.900 bits per heavy atom. The molecule has 2 aromatic rings. The fourth-order valence-electron chi connectivity index (χ4n) is 4.92. The first-order chi connectivity index (χ1) is 14.5. The molecule has 0 saturated carbocycles. The smallest absolute Gasteiger partial charge is 0.284 e. The van der Waals surface area contributed by atoms with Crippen molar-refractivity contribution >= 4 is 22.6 Å². The molecule has 2 aliphatic heterocycles. The van der Waals surface area contributed by atoms with E-state index in [1.807, 2.05) is 35.4 Å². The number of amides is 2. The van der Waals surface area contributed by atoms with Crippen molar-refractivity contribution in [2.24, 2.45) is 5.73 Å². The monoisotopic (exact) mass is 408 g/mol. The number of rotatable bonds is 4. The maximum atomic E-state index is 14.2. The van der Waals surface area contributed by atoms with E-state index in [-0.39, 0.29) is 23.6 Å². The van der Waals surface area contributed by atoms with Crippen LogP contribution in [0.1, 0.15) is 73.1 Å². The van der Waals surface area contributed by atoms with E-state index in [0.29, 0.717) is 5.56 Å². The Kier molecular flexibility index (Phi) is 6.06. The largest absolute Gasteiger partial charge is 0.366 e. The zero-order chi connectivity index (χ0) is 21.3. The fraction of sp³-hybridized carbons (Fsp3) is 0.500. The van der Waals surface area contributed by atoms with Gasteiger partial charge in [-0.2, -0.15) is 5.12 Å². The average molecular weight is 409 g/mol. The maximum absolute atomic E-state index is 14.2. The van der Waals surface area contributed by atoms with Gasteiger partial charge in [0.15, 0.2) is 0 Å². The molecule has 0 aromatic heterocycles. The molecular weight excluding hydrogens is 376 g/mol. The average Bonchev–Trinajstić information content (AvgIpc) is 2.75. The van der Waals surface area contributed by atoms with E-state index in [0.717, 1.165) is 49.5 Å². The lowest BCUT2D eigenvalue weighted by Gasteiger charge is -2.50. The van der Waals surface area contributed by atoms with E-state index in [1.165, 1.54) is 12.8 Å². The Bertz CT molecular complexity index is 922. The van der Waals surface area contributed by atoms with E-state index in [2.05, 4.69) is 23.9 Å². The molecule has 2 unspecified atom stereocenters. The van der Waals surface area contributed by atoms with Gasteiger partial charge in [-0.15, -0.1) is 0 Å². The first-order valence-corrected chi connectivity index (χ1v) is 11.2. The van der Waals surface area contributed by atoms with Gasteiger partial charge in [-0.05, 0) is 56.4 Å². The zero-order valence-electron chi connectivity index (χ0n) is 18.0. The maximum Gasteiger partial charge on any atom is 0.284 e. The minimum atomic E-state index is -0.567. The number of fused-ring (bicyclic) bond motifs is 1. The molecule has 2 aromatic carbocycles. The van der Waals surface area contributed by atoms with Crippen LogP contribution in [0, 0.1) is 0 Å². The number of benzene rings is 2. The van der Waals surface area contributed by atoms with E-state index in [1.54, 1.807) is 6.07 Å². The predicted molar refractivity (Wildman–Crippen MR) is 119 cm³/mol. The first kappa shape index (κ1) is 20.8. The van der Waals surface area contributed by atoms with E-state index in [4.69, 9.17) is 5.73 Å². The molecule has 30 heavy (non-hydrogen) atoms. The molecule has 4 rings (SSSR count). The number of piperidine rings is 2. The van der Waals surface area contributed by atoms with Crippen molar-refractivity contribution in [3.8, 4) is 0 Å². The molecule has 2 amide bonds. The number of carbonyl (C=O) groups excluding carboxylic acids is 2. The highest BCUT2D eigenvalue weighted by Gasteiger charge is 2.37. The van der Waals surface area contributed by atoms with Crippen LogP contribution in [-0.2, 0) is 0 Å². The minimum absolute atomic E-state index is 0.150. The van der Waals surface area contributed by atoms with Gasteiger partial charge in [0.1, 0.15) is 0 Å². The number of primary amides is 1. The van der Waals surface area contributed by atoms with Gasteiger partial charge in [-0.25, -0.2) is 10.0 Å². The predicted octanol–water partition coefficient (Wildman–Crippen LogP) is 3.96. The van der Waals surface area contributed by atoms with Gasteiger partial charge in [-0.1, -0.05) is 43.2 Å². The number of nitrogens with zero attached hydrogens (tertiary/aromatic N) is 3. The van der Waals surface area contributed by atoms with Gasteiger partial charge in [0.25, 0.3) is 5.91 Å². The summed E-state index contributed by atoms with van der Waals surface area (Å²) in [7, 11) is 0. The van der Waals surface area contributed by atoms with Crippen molar-refractivity contribution in [2.75, 3.05) is 13.1 Å². The number of hydrazine groups is 2. The van der Waals surface area contributed by atoms with Gasteiger partial charge in [-0.3, -0.25) is 9.59 Å². The summed E-state index contributed by atoms with van der Waals surface area (Å²) in [4.78, 5) is 26.5. The lowest BCUT2D eigenvalue weighted by atomic mass is 9.97. The quantitative estimate of drug-likeness (QED) is 0.831. The van der Waals surface area contributed by atoms with Gasteiger partial charge in [0, 0.05) is 25.2 Å². The molecule has 6 heteroatoms. The number of nitrogens with two attached hydrogens (primary N) is 1. The van der Waals surface area contributed by atoms with E-state index >= 15 is 0 Å².